The second kappa shape index (κ2) is 8.66. The number of aryl methyl sites for hydroxylation is 1. The van der Waals surface area contributed by atoms with Crippen LogP contribution in [-0.2, 0) is 0 Å². The van der Waals surface area contributed by atoms with Gasteiger partial charge < -0.3 is 9.80 Å². The van der Waals surface area contributed by atoms with E-state index in [1.807, 2.05) is 18.2 Å². The maximum atomic E-state index is 13.0. The van der Waals surface area contributed by atoms with Crippen molar-refractivity contribution < 1.29 is 4.79 Å². The molecule has 0 aliphatic carbocycles. The summed E-state index contributed by atoms with van der Waals surface area (Å²) in [5.41, 5.74) is 2.02. The quantitative estimate of drug-likeness (QED) is 0.824. The Hall–Kier alpha value is -1.35. The van der Waals surface area contributed by atoms with Gasteiger partial charge in [0.25, 0.3) is 5.91 Å². The topological polar surface area (TPSA) is 23.6 Å². The van der Waals surface area contributed by atoms with E-state index < -0.39 is 0 Å². The Kier molecular flexibility index (Phi) is 6.30. The van der Waals surface area contributed by atoms with E-state index in [2.05, 4.69) is 22.8 Å². The van der Waals surface area contributed by atoms with Gasteiger partial charge in [0, 0.05) is 24.7 Å². The second-order valence-electron chi connectivity index (χ2n) is 7.56. The molecule has 2 heterocycles. The van der Waals surface area contributed by atoms with Crippen molar-refractivity contribution in [3.8, 4) is 0 Å². The number of hydrogen-bond acceptors (Lipinski definition) is 2. The molecule has 0 bridgehead atoms. The molecule has 0 radical (unpaired) electrons. The molecule has 2 aliphatic heterocycles. The van der Waals surface area contributed by atoms with Crippen LogP contribution in [0.15, 0.2) is 24.3 Å². The van der Waals surface area contributed by atoms with E-state index in [9.17, 15) is 4.79 Å². The molecule has 0 unspecified atom stereocenters. The average Bonchev–Trinajstić information content (AvgIpc) is 2.88. The van der Waals surface area contributed by atoms with Crippen LogP contribution in [0, 0.1) is 6.92 Å². The van der Waals surface area contributed by atoms with E-state index in [-0.39, 0.29) is 5.91 Å². The lowest BCUT2D eigenvalue weighted by Crippen LogP contribution is -2.45. The fourth-order valence-electron chi connectivity index (χ4n) is 4.20. The number of hydrogen-bond donors (Lipinski definition) is 0. The van der Waals surface area contributed by atoms with Crippen LogP contribution < -0.4 is 0 Å². The smallest absolute Gasteiger partial charge is 0.254 e. The minimum absolute atomic E-state index is 0.235. The van der Waals surface area contributed by atoms with E-state index in [4.69, 9.17) is 0 Å². The van der Waals surface area contributed by atoms with Crippen molar-refractivity contribution in [2.45, 2.75) is 64.3 Å². The van der Waals surface area contributed by atoms with Gasteiger partial charge in [-0.05, 0) is 70.7 Å². The van der Waals surface area contributed by atoms with Gasteiger partial charge in [-0.15, -0.1) is 0 Å². The average molecular weight is 329 g/mol. The van der Waals surface area contributed by atoms with Crippen molar-refractivity contribution in [1.82, 2.24) is 9.80 Å². The van der Waals surface area contributed by atoms with Crippen molar-refractivity contribution in [3.63, 3.8) is 0 Å². The Bertz CT molecular complexity index is 534. The summed E-state index contributed by atoms with van der Waals surface area (Å²) in [6.07, 6.45) is 10.2. The number of likely N-dealkylation sites (tertiary alicyclic amines) is 2. The van der Waals surface area contributed by atoms with Crippen LogP contribution in [0.5, 0.6) is 0 Å². The van der Waals surface area contributed by atoms with Crippen LogP contribution in [0.4, 0.5) is 0 Å². The third-order valence-electron chi connectivity index (χ3n) is 5.63. The zero-order valence-electron chi connectivity index (χ0n) is 15.2. The number of amides is 1. The predicted molar refractivity (Wildman–Crippen MR) is 99.4 cm³/mol. The molecule has 2 fully saturated rings. The summed E-state index contributed by atoms with van der Waals surface area (Å²) in [7, 11) is 0. The summed E-state index contributed by atoms with van der Waals surface area (Å²) in [4.78, 5) is 17.8. The molecule has 132 valence electrons. The second-order valence-corrected chi connectivity index (χ2v) is 7.56. The van der Waals surface area contributed by atoms with Gasteiger partial charge in [-0.2, -0.15) is 0 Å². The lowest BCUT2D eigenvalue weighted by atomic mass is 9.97. The van der Waals surface area contributed by atoms with E-state index in [1.165, 1.54) is 57.2 Å². The number of benzene rings is 1. The minimum Gasteiger partial charge on any atom is -0.336 e. The van der Waals surface area contributed by atoms with Gasteiger partial charge in [0.1, 0.15) is 0 Å². The molecular weight excluding hydrogens is 296 g/mol. The maximum Gasteiger partial charge on any atom is 0.254 e. The van der Waals surface area contributed by atoms with Gasteiger partial charge in [-0.1, -0.05) is 30.5 Å². The highest BCUT2D eigenvalue weighted by Crippen LogP contribution is 2.23. The molecule has 1 aromatic rings. The van der Waals surface area contributed by atoms with Crippen LogP contribution in [0.2, 0.25) is 0 Å². The van der Waals surface area contributed by atoms with Gasteiger partial charge >= 0.3 is 0 Å². The van der Waals surface area contributed by atoms with Crippen LogP contribution in [0.25, 0.3) is 0 Å². The van der Waals surface area contributed by atoms with Gasteiger partial charge in [-0.25, -0.2) is 0 Å². The monoisotopic (exact) mass is 328 g/mol. The van der Waals surface area contributed by atoms with Crippen LogP contribution >= 0.6 is 0 Å². The maximum absolute atomic E-state index is 13.0. The normalized spacial score (nSPS) is 23.0. The zero-order valence-corrected chi connectivity index (χ0v) is 15.2. The first-order valence-electron chi connectivity index (χ1n) is 9.84. The van der Waals surface area contributed by atoms with Gasteiger partial charge in [-0.3, -0.25) is 4.79 Å². The summed E-state index contributed by atoms with van der Waals surface area (Å²) >= 11 is 0. The molecule has 1 atom stereocenters. The van der Waals surface area contributed by atoms with Gasteiger partial charge in [0.15, 0.2) is 0 Å². The molecular formula is C21H32N2O. The number of carbonyl (C=O) groups is 1. The van der Waals surface area contributed by atoms with Gasteiger partial charge in [0.2, 0.25) is 0 Å². The fraction of sp³-hybridized carbons (Fsp3) is 0.667. The number of rotatable bonds is 4. The minimum atomic E-state index is 0.235. The first-order chi connectivity index (χ1) is 11.7. The molecule has 3 rings (SSSR count). The molecule has 1 amide bonds. The molecule has 3 heteroatoms. The SMILES string of the molecule is Cc1cccc(C(=O)N2CCCC[C@@H]2CCN2CCCCCC2)c1. The van der Waals surface area contributed by atoms with E-state index in [0.29, 0.717) is 6.04 Å². The molecule has 0 N–H and O–H groups in total. The first-order valence-corrected chi connectivity index (χ1v) is 9.84. The standard InChI is InChI=1S/C21H32N2O/c1-18-9-8-10-19(17-18)21(24)23-15-7-4-11-20(23)12-16-22-13-5-2-3-6-14-22/h8-10,17,20H,2-7,11-16H2,1H3/t20-/m1/s1. The van der Waals surface area contributed by atoms with Crippen LogP contribution in [0.1, 0.15) is 67.3 Å². The van der Waals surface area contributed by atoms with E-state index in [0.717, 1.165) is 31.5 Å². The largest absolute Gasteiger partial charge is 0.336 e. The molecule has 2 saturated heterocycles. The molecule has 0 saturated carbocycles. The van der Waals surface area contributed by atoms with Crippen molar-refractivity contribution >= 4 is 5.91 Å². The lowest BCUT2D eigenvalue weighted by Gasteiger charge is -2.37. The van der Waals surface area contributed by atoms with Gasteiger partial charge in [0.05, 0.1) is 0 Å². The number of nitrogens with zero attached hydrogens (tertiary/aromatic N) is 2. The lowest BCUT2D eigenvalue weighted by molar-refractivity contribution is 0.0584. The number of piperidine rings is 1. The highest BCUT2D eigenvalue weighted by atomic mass is 16.2. The Balaban J connectivity index is 1.61. The third kappa shape index (κ3) is 4.60. The molecule has 1 aromatic carbocycles. The Morgan fingerprint density at radius 3 is 2.54 bits per heavy atom. The Morgan fingerprint density at radius 1 is 1.04 bits per heavy atom. The molecule has 2 aliphatic rings. The molecule has 24 heavy (non-hydrogen) atoms. The summed E-state index contributed by atoms with van der Waals surface area (Å²) in [5, 5.41) is 0. The molecule has 0 aromatic heterocycles. The Morgan fingerprint density at radius 2 is 1.79 bits per heavy atom. The van der Waals surface area contributed by atoms with Crippen LogP contribution in [-0.4, -0.2) is 47.9 Å². The molecule has 3 nitrogen and oxygen atoms in total. The van der Waals surface area contributed by atoms with Crippen molar-refractivity contribution in [2.75, 3.05) is 26.2 Å². The van der Waals surface area contributed by atoms with E-state index >= 15 is 0 Å². The molecule has 0 spiro atoms. The summed E-state index contributed by atoms with van der Waals surface area (Å²) in [6.45, 7) is 6.64. The first kappa shape index (κ1) is 17.5. The van der Waals surface area contributed by atoms with Crippen molar-refractivity contribution in [3.05, 3.63) is 35.4 Å². The highest BCUT2D eigenvalue weighted by Gasteiger charge is 2.27. The summed E-state index contributed by atoms with van der Waals surface area (Å²) in [5.74, 6) is 0.235. The summed E-state index contributed by atoms with van der Waals surface area (Å²) < 4.78 is 0. The van der Waals surface area contributed by atoms with Crippen LogP contribution in [0.3, 0.4) is 0 Å². The third-order valence-corrected chi connectivity index (χ3v) is 5.63. The highest BCUT2D eigenvalue weighted by molar-refractivity contribution is 5.94. The van der Waals surface area contributed by atoms with Crippen molar-refractivity contribution in [2.24, 2.45) is 0 Å². The fourth-order valence-corrected chi connectivity index (χ4v) is 4.20. The van der Waals surface area contributed by atoms with Crippen molar-refractivity contribution in [1.29, 1.82) is 0 Å². The van der Waals surface area contributed by atoms with E-state index in [1.54, 1.807) is 0 Å². The number of carbonyl (C=O) groups excluding carboxylic acids is 1. The summed E-state index contributed by atoms with van der Waals surface area (Å²) in [6, 6.07) is 8.48. The predicted octanol–water partition coefficient (Wildman–Crippen LogP) is 4.26. The Labute approximate surface area is 147 Å². The zero-order chi connectivity index (χ0) is 16.8.